The van der Waals surface area contributed by atoms with E-state index >= 15 is 0 Å². The Morgan fingerprint density at radius 1 is 1.41 bits per heavy atom. The Morgan fingerprint density at radius 2 is 2.29 bits per heavy atom. The number of anilines is 1. The van der Waals surface area contributed by atoms with Crippen LogP contribution in [-0.4, -0.2) is 4.98 Å². The predicted octanol–water partition coefficient (Wildman–Crippen LogP) is 4.20. The standard InChI is InChI=1S/C13H13ClN2S/c1-8-4-9(7-15-6-8)16-11-2-3-12-10(11)5-13(14)17-12/h4-7,11,16H,2-3H2,1H3. The van der Waals surface area contributed by atoms with Crippen LogP contribution >= 0.6 is 22.9 Å². The van der Waals surface area contributed by atoms with Gasteiger partial charge in [0, 0.05) is 17.3 Å². The summed E-state index contributed by atoms with van der Waals surface area (Å²) in [5, 5.41) is 3.54. The van der Waals surface area contributed by atoms with Gasteiger partial charge in [-0.2, -0.15) is 0 Å². The Morgan fingerprint density at radius 3 is 3.12 bits per heavy atom. The van der Waals surface area contributed by atoms with Gasteiger partial charge in [-0.15, -0.1) is 11.3 Å². The third-order valence-corrected chi connectivity index (χ3v) is 4.40. The van der Waals surface area contributed by atoms with Gasteiger partial charge in [0.25, 0.3) is 0 Å². The molecular formula is C13H13ClN2S. The number of nitrogens with one attached hydrogen (secondary N) is 1. The van der Waals surface area contributed by atoms with Crippen LogP contribution in [0, 0.1) is 6.92 Å². The molecule has 2 heterocycles. The summed E-state index contributed by atoms with van der Waals surface area (Å²) in [5.41, 5.74) is 3.63. The Balaban J connectivity index is 1.83. The topological polar surface area (TPSA) is 24.9 Å². The molecule has 17 heavy (non-hydrogen) atoms. The average Bonchev–Trinajstić information content (AvgIpc) is 2.80. The first-order valence-electron chi connectivity index (χ1n) is 5.68. The van der Waals surface area contributed by atoms with Crippen molar-refractivity contribution in [3.05, 3.63) is 44.9 Å². The fourth-order valence-electron chi connectivity index (χ4n) is 2.32. The first-order valence-corrected chi connectivity index (χ1v) is 6.88. The van der Waals surface area contributed by atoms with E-state index in [4.69, 9.17) is 11.6 Å². The Hall–Kier alpha value is -1.06. The molecule has 0 aromatic carbocycles. The quantitative estimate of drug-likeness (QED) is 0.879. The Kier molecular flexibility index (Phi) is 2.81. The van der Waals surface area contributed by atoms with Crippen LogP contribution in [0.15, 0.2) is 24.5 Å². The van der Waals surface area contributed by atoms with Crippen molar-refractivity contribution in [2.24, 2.45) is 0 Å². The number of hydrogen-bond donors (Lipinski definition) is 1. The van der Waals surface area contributed by atoms with Crippen molar-refractivity contribution >= 4 is 28.6 Å². The van der Waals surface area contributed by atoms with Crippen LogP contribution in [0.3, 0.4) is 0 Å². The molecule has 1 aliphatic rings. The van der Waals surface area contributed by atoms with E-state index in [-0.39, 0.29) is 0 Å². The van der Waals surface area contributed by atoms with E-state index in [2.05, 4.69) is 29.4 Å². The second-order valence-corrected chi connectivity index (χ2v) is 6.18. The van der Waals surface area contributed by atoms with Crippen LogP contribution in [-0.2, 0) is 6.42 Å². The SMILES string of the molecule is Cc1cncc(NC2CCc3sc(Cl)cc32)c1. The summed E-state index contributed by atoms with van der Waals surface area (Å²) in [7, 11) is 0. The van der Waals surface area contributed by atoms with Gasteiger partial charge in [-0.05, 0) is 43.0 Å². The largest absolute Gasteiger partial charge is 0.377 e. The number of fused-ring (bicyclic) bond motifs is 1. The van der Waals surface area contributed by atoms with Crippen LogP contribution in [0.5, 0.6) is 0 Å². The van der Waals surface area contributed by atoms with Gasteiger partial charge in [-0.1, -0.05) is 11.6 Å². The Bertz CT molecular complexity index is 550. The van der Waals surface area contributed by atoms with E-state index in [0.717, 1.165) is 22.9 Å². The van der Waals surface area contributed by atoms with Crippen molar-refractivity contribution in [3.63, 3.8) is 0 Å². The number of hydrogen-bond acceptors (Lipinski definition) is 3. The normalized spacial score (nSPS) is 18.1. The molecule has 0 radical (unpaired) electrons. The maximum absolute atomic E-state index is 6.05. The smallest absolute Gasteiger partial charge is 0.0934 e. The number of aromatic nitrogens is 1. The number of thiophene rings is 1. The summed E-state index contributed by atoms with van der Waals surface area (Å²) < 4.78 is 0.892. The number of aryl methyl sites for hydroxylation is 2. The van der Waals surface area contributed by atoms with E-state index in [1.807, 2.05) is 12.4 Å². The van der Waals surface area contributed by atoms with Gasteiger partial charge in [0.15, 0.2) is 0 Å². The minimum absolute atomic E-state index is 0.386. The minimum Gasteiger partial charge on any atom is -0.377 e. The summed E-state index contributed by atoms with van der Waals surface area (Å²) >= 11 is 7.75. The summed E-state index contributed by atoms with van der Waals surface area (Å²) in [6.45, 7) is 2.06. The molecule has 0 bridgehead atoms. The lowest BCUT2D eigenvalue weighted by Gasteiger charge is -2.14. The van der Waals surface area contributed by atoms with Gasteiger partial charge in [0.05, 0.1) is 16.1 Å². The van der Waals surface area contributed by atoms with E-state index < -0.39 is 0 Å². The summed E-state index contributed by atoms with van der Waals surface area (Å²) in [5.74, 6) is 0. The molecule has 0 aliphatic heterocycles. The van der Waals surface area contributed by atoms with E-state index in [9.17, 15) is 0 Å². The third kappa shape index (κ3) is 2.17. The van der Waals surface area contributed by atoms with Gasteiger partial charge in [0.1, 0.15) is 0 Å². The van der Waals surface area contributed by atoms with Crippen LogP contribution in [0.2, 0.25) is 4.34 Å². The molecule has 1 aliphatic carbocycles. The van der Waals surface area contributed by atoms with Crippen LogP contribution in [0.4, 0.5) is 5.69 Å². The first kappa shape index (κ1) is 11.1. The van der Waals surface area contributed by atoms with Gasteiger partial charge >= 0.3 is 0 Å². The summed E-state index contributed by atoms with van der Waals surface area (Å²) in [6, 6.07) is 4.60. The highest BCUT2D eigenvalue weighted by Crippen LogP contribution is 2.40. The van der Waals surface area contributed by atoms with Crippen LogP contribution in [0.1, 0.15) is 28.5 Å². The second-order valence-electron chi connectivity index (χ2n) is 4.42. The first-order chi connectivity index (χ1) is 8.22. The van der Waals surface area contributed by atoms with Gasteiger partial charge in [-0.3, -0.25) is 4.98 Å². The predicted molar refractivity (Wildman–Crippen MR) is 73.0 cm³/mol. The molecule has 0 fully saturated rings. The molecule has 2 aromatic heterocycles. The second kappa shape index (κ2) is 4.31. The molecule has 1 atom stereocenters. The molecule has 4 heteroatoms. The highest BCUT2D eigenvalue weighted by atomic mass is 35.5. The molecule has 3 rings (SSSR count). The lowest BCUT2D eigenvalue weighted by atomic mass is 10.1. The number of nitrogens with zero attached hydrogens (tertiary/aromatic N) is 1. The highest BCUT2D eigenvalue weighted by Gasteiger charge is 2.24. The molecule has 0 saturated carbocycles. The van der Waals surface area contributed by atoms with Crippen molar-refractivity contribution in [3.8, 4) is 0 Å². The van der Waals surface area contributed by atoms with Gasteiger partial charge in [-0.25, -0.2) is 0 Å². The highest BCUT2D eigenvalue weighted by molar-refractivity contribution is 7.16. The third-order valence-electron chi connectivity index (χ3n) is 3.06. The van der Waals surface area contributed by atoms with E-state index in [1.54, 1.807) is 11.3 Å². The van der Waals surface area contributed by atoms with Crippen molar-refractivity contribution in [2.75, 3.05) is 5.32 Å². The molecule has 88 valence electrons. The fourth-order valence-corrected chi connectivity index (χ4v) is 3.67. The van der Waals surface area contributed by atoms with Gasteiger partial charge < -0.3 is 5.32 Å². The number of pyridine rings is 1. The molecule has 0 spiro atoms. The molecule has 1 N–H and O–H groups in total. The molecule has 2 nitrogen and oxygen atoms in total. The molecule has 1 unspecified atom stereocenters. The molecular weight excluding hydrogens is 252 g/mol. The number of rotatable bonds is 2. The zero-order valence-electron chi connectivity index (χ0n) is 9.53. The fraction of sp³-hybridized carbons (Fsp3) is 0.308. The van der Waals surface area contributed by atoms with Crippen molar-refractivity contribution in [2.45, 2.75) is 25.8 Å². The molecule has 0 amide bonds. The van der Waals surface area contributed by atoms with Crippen molar-refractivity contribution in [1.82, 2.24) is 4.98 Å². The maximum Gasteiger partial charge on any atom is 0.0934 e. The lowest BCUT2D eigenvalue weighted by Crippen LogP contribution is -2.06. The van der Waals surface area contributed by atoms with Crippen molar-refractivity contribution in [1.29, 1.82) is 0 Å². The van der Waals surface area contributed by atoms with Gasteiger partial charge in [0.2, 0.25) is 0 Å². The summed E-state index contributed by atoms with van der Waals surface area (Å²) in [6.07, 6.45) is 6.02. The maximum atomic E-state index is 6.05. The Labute approximate surface area is 110 Å². The minimum atomic E-state index is 0.386. The van der Waals surface area contributed by atoms with E-state index in [0.29, 0.717) is 6.04 Å². The molecule has 0 saturated heterocycles. The monoisotopic (exact) mass is 264 g/mol. The number of halogens is 1. The summed E-state index contributed by atoms with van der Waals surface area (Å²) in [4.78, 5) is 5.63. The van der Waals surface area contributed by atoms with Crippen LogP contribution in [0.25, 0.3) is 0 Å². The zero-order valence-corrected chi connectivity index (χ0v) is 11.1. The lowest BCUT2D eigenvalue weighted by molar-refractivity contribution is 0.761. The average molecular weight is 265 g/mol. The molecule has 2 aromatic rings. The van der Waals surface area contributed by atoms with Crippen molar-refractivity contribution < 1.29 is 0 Å². The zero-order chi connectivity index (χ0) is 11.8. The van der Waals surface area contributed by atoms with E-state index in [1.165, 1.54) is 16.0 Å². The van der Waals surface area contributed by atoms with Crippen LogP contribution < -0.4 is 5.32 Å².